The minimum absolute atomic E-state index is 0.155. The van der Waals surface area contributed by atoms with Crippen molar-refractivity contribution < 1.29 is 18.3 Å². The Bertz CT molecular complexity index is 477. The van der Waals surface area contributed by atoms with Gasteiger partial charge in [-0.15, -0.1) is 0 Å². The summed E-state index contributed by atoms with van der Waals surface area (Å²) >= 11 is 0. The second-order valence-electron chi connectivity index (χ2n) is 4.12. The maximum Gasteiger partial charge on any atom is 0.240 e. The van der Waals surface area contributed by atoms with Crippen LogP contribution in [0.3, 0.4) is 0 Å². The Kier molecular flexibility index (Phi) is 3.37. The Morgan fingerprint density at radius 2 is 1.88 bits per heavy atom. The SMILES string of the molecule is COc1ccc(S(=O)(=O)NC2CC(O)C2)cc1. The summed E-state index contributed by atoms with van der Waals surface area (Å²) < 4.78 is 31.3. The normalized spacial score (nSPS) is 24.1. The molecule has 6 heteroatoms. The van der Waals surface area contributed by atoms with Gasteiger partial charge in [-0.3, -0.25) is 0 Å². The monoisotopic (exact) mass is 257 g/mol. The molecular formula is C11H15NO4S. The lowest BCUT2D eigenvalue weighted by molar-refractivity contribution is 0.0712. The van der Waals surface area contributed by atoms with Crippen LogP contribution >= 0.6 is 0 Å². The van der Waals surface area contributed by atoms with Crippen LogP contribution in [0.2, 0.25) is 0 Å². The van der Waals surface area contributed by atoms with E-state index in [0.29, 0.717) is 18.6 Å². The van der Waals surface area contributed by atoms with Crippen molar-refractivity contribution in [2.75, 3.05) is 7.11 Å². The van der Waals surface area contributed by atoms with Crippen molar-refractivity contribution in [1.29, 1.82) is 0 Å². The van der Waals surface area contributed by atoms with Gasteiger partial charge in [-0.2, -0.15) is 0 Å². The van der Waals surface area contributed by atoms with E-state index < -0.39 is 10.0 Å². The largest absolute Gasteiger partial charge is 0.497 e. The summed E-state index contributed by atoms with van der Waals surface area (Å²) in [4.78, 5) is 0.208. The molecule has 1 saturated carbocycles. The highest BCUT2D eigenvalue weighted by Gasteiger charge is 2.31. The van der Waals surface area contributed by atoms with Crippen molar-refractivity contribution in [2.24, 2.45) is 0 Å². The van der Waals surface area contributed by atoms with Gasteiger partial charge in [0.2, 0.25) is 10.0 Å². The van der Waals surface area contributed by atoms with Crippen molar-refractivity contribution in [1.82, 2.24) is 4.72 Å². The molecule has 2 N–H and O–H groups in total. The van der Waals surface area contributed by atoms with Crippen molar-refractivity contribution in [3.8, 4) is 5.75 Å². The molecule has 0 saturated heterocycles. The average Bonchev–Trinajstić information content (AvgIpc) is 2.27. The number of benzene rings is 1. The third-order valence-corrected chi connectivity index (χ3v) is 4.34. The summed E-state index contributed by atoms with van der Waals surface area (Å²) in [7, 11) is -1.96. The molecule has 2 rings (SSSR count). The molecule has 5 nitrogen and oxygen atoms in total. The van der Waals surface area contributed by atoms with Crippen LogP contribution in [-0.2, 0) is 10.0 Å². The summed E-state index contributed by atoms with van der Waals surface area (Å²) in [5.41, 5.74) is 0. The van der Waals surface area contributed by atoms with Gasteiger partial charge in [0.1, 0.15) is 5.75 Å². The molecule has 1 fully saturated rings. The van der Waals surface area contributed by atoms with Crippen LogP contribution in [0.4, 0.5) is 0 Å². The van der Waals surface area contributed by atoms with E-state index in [4.69, 9.17) is 9.84 Å². The van der Waals surface area contributed by atoms with Crippen LogP contribution in [0.25, 0.3) is 0 Å². The second kappa shape index (κ2) is 4.64. The van der Waals surface area contributed by atoms with E-state index in [2.05, 4.69) is 4.72 Å². The Hall–Kier alpha value is -1.11. The first-order chi connectivity index (χ1) is 8.01. The summed E-state index contributed by atoms with van der Waals surface area (Å²) in [5.74, 6) is 0.614. The lowest BCUT2D eigenvalue weighted by Gasteiger charge is -2.31. The molecule has 1 aliphatic carbocycles. The van der Waals surface area contributed by atoms with Crippen LogP contribution in [0.5, 0.6) is 5.75 Å². The Morgan fingerprint density at radius 1 is 1.29 bits per heavy atom. The van der Waals surface area contributed by atoms with Gasteiger partial charge in [0.15, 0.2) is 0 Å². The fourth-order valence-corrected chi connectivity index (χ4v) is 2.99. The van der Waals surface area contributed by atoms with E-state index in [9.17, 15) is 8.42 Å². The standard InChI is InChI=1S/C11H15NO4S/c1-16-10-2-4-11(5-3-10)17(14,15)12-8-6-9(13)7-8/h2-5,8-9,12-13H,6-7H2,1H3. The topological polar surface area (TPSA) is 75.6 Å². The van der Waals surface area contributed by atoms with Gasteiger partial charge >= 0.3 is 0 Å². The molecule has 17 heavy (non-hydrogen) atoms. The third kappa shape index (κ3) is 2.77. The molecule has 1 aromatic rings. The predicted octanol–water partition coefficient (Wildman–Crippen LogP) is 0.497. The summed E-state index contributed by atoms with van der Waals surface area (Å²) in [6.45, 7) is 0. The Balaban J connectivity index is 2.08. The molecular weight excluding hydrogens is 242 g/mol. The van der Waals surface area contributed by atoms with Gasteiger partial charge in [0.25, 0.3) is 0 Å². The molecule has 0 amide bonds. The zero-order valence-electron chi connectivity index (χ0n) is 9.46. The van der Waals surface area contributed by atoms with Gasteiger partial charge in [0.05, 0.1) is 18.1 Å². The van der Waals surface area contributed by atoms with Crippen molar-refractivity contribution in [3.05, 3.63) is 24.3 Å². The van der Waals surface area contributed by atoms with Gasteiger partial charge in [-0.25, -0.2) is 13.1 Å². The fraction of sp³-hybridized carbons (Fsp3) is 0.455. The minimum Gasteiger partial charge on any atom is -0.497 e. The molecule has 0 unspecified atom stereocenters. The molecule has 0 bridgehead atoms. The van der Waals surface area contributed by atoms with Crippen molar-refractivity contribution in [2.45, 2.75) is 29.9 Å². The van der Waals surface area contributed by atoms with Gasteiger partial charge in [-0.1, -0.05) is 0 Å². The van der Waals surface area contributed by atoms with Crippen LogP contribution < -0.4 is 9.46 Å². The second-order valence-corrected chi connectivity index (χ2v) is 5.83. The van der Waals surface area contributed by atoms with Gasteiger partial charge in [0, 0.05) is 6.04 Å². The molecule has 94 valence electrons. The quantitative estimate of drug-likeness (QED) is 0.823. The van der Waals surface area contributed by atoms with E-state index in [0.717, 1.165) is 0 Å². The number of ether oxygens (including phenoxy) is 1. The number of nitrogens with one attached hydrogen (secondary N) is 1. The molecule has 0 radical (unpaired) electrons. The Labute approximate surface area is 100 Å². The van der Waals surface area contributed by atoms with Crippen LogP contribution in [0.1, 0.15) is 12.8 Å². The predicted molar refractivity (Wildman–Crippen MR) is 62.3 cm³/mol. The maximum absolute atomic E-state index is 11.9. The average molecular weight is 257 g/mol. The van der Waals surface area contributed by atoms with Crippen LogP contribution in [0, 0.1) is 0 Å². The van der Waals surface area contributed by atoms with E-state index in [1.54, 1.807) is 12.1 Å². The lowest BCUT2D eigenvalue weighted by atomic mass is 9.91. The first-order valence-electron chi connectivity index (χ1n) is 5.36. The van der Waals surface area contributed by atoms with Crippen LogP contribution in [-0.4, -0.2) is 32.8 Å². The highest BCUT2D eigenvalue weighted by molar-refractivity contribution is 7.89. The fourth-order valence-electron chi connectivity index (χ4n) is 1.73. The molecule has 1 aliphatic rings. The lowest BCUT2D eigenvalue weighted by Crippen LogP contribution is -2.46. The molecule has 0 aromatic heterocycles. The molecule has 0 aliphatic heterocycles. The summed E-state index contributed by atoms with van der Waals surface area (Å²) in [5, 5.41) is 9.10. The number of hydrogen-bond donors (Lipinski definition) is 2. The number of aliphatic hydroxyl groups is 1. The smallest absolute Gasteiger partial charge is 0.240 e. The van der Waals surface area contributed by atoms with E-state index >= 15 is 0 Å². The molecule has 0 spiro atoms. The number of methoxy groups -OCH3 is 1. The molecule has 0 atom stereocenters. The van der Waals surface area contributed by atoms with Crippen LogP contribution in [0.15, 0.2) is 29.2 Å². The third-order valence-electron chi connectivity index (χ3n) is 2.80. The van der Waals surface area contributed by atoms with E-state index in [-0.39, 0.29) is 17.0 Å². The van der Waals surface area contributed by atoms with Crippen molar-refractivity contribution >= 4 is 10.0 Å². The minimum atomic E-state index is -3.49. The highest BCUT2D eigenvalue weighted by Crippen LogP contribution is 2.22. The summed E-state index contributed by atoms with van der Waals surface area (Å²) in [6.07, 6.45) is 0.587. The molecule has 1 aromatic carbocycles. The zero-order chi connectivity index (χ0) is 12.5. The first-order valence-corrected chi connectivity index (χ1v) is 6.84. The summed E-state index contributed by atoms with van der Waals surface area (Å²) in [6, 6.07) is 6.04. The van der Waals surface area contributed by atoms with Gasteiger partial charge in [-0.05, 0) is 37.1 Å². The van der Waals surface area contributed by atoms with E-state index in [1.807, 2.05) is 0 Å². The number of rotatable bonds is 4. The number of hydrogen-bond acceptors (Lipinski definition) is 4. The first kappa shape index (κ1) is 12.3. The maximum atomic E-state index is 11.9. The van der Waals surface area contributed by atoms with E-state index in [1.165, 1.54) is 19.2 Å². The number of aliphatic hydroxyl groups excluding tert-OH is 1. The highest BCUT2D eigenvalue weighted by atomic mass is 32.2. The zero-order valence-corrected chi connectivity index (χ0v) is 10.3. The number of sulfonamides is 1. The van der Waals surface area contributed by atoms with Crippen molar-refractivity contribution in [3.63, 3.8) is 0 Å². The molecule has 0 heterocycles. The Morgan fingerprint density at radius 3 is 2.35 bits per heavy atom. The van der Waals surface area contributed by atoms with Gasteiger partial charge < -0.3 is 9.84 Å².